The molecule has 1 aromatic heterocycles. The van der Waals surface area contributed by atoms with Crippen molar-refractivity contribution in [3.63, 3.8) is 0 Å². The predicted molar refractivity (Wildman–Crippen MR) is 59.2 cm³/mol. The SMILES string of the molecule is CCC[C@H](N)c1cccc(S(C)(=O)=O)n1. The minimum Gasteiger partial charge on any atom is -0.323 e. The van der Waals surface area contributed by atoms with Crippen LogP contribution in [-0.4, -0.2) is 19.7 Å². The average molecular weight is 228 g/mol. The largest absolute Gasteiger partial charge is 0.323 e. The van der Waals surface area contributed by atoms with Gasteiger partial charge in [-0.2, -0.15) is 0 Å². The quantitative estimate of drug-likeness (QED) is 0.842. The van der Waals surface area contributed by atoms with Crippen molar-refractivity contribution in [2.45, 2.75) is 30.8 Å². The van der Waals surface area contributed by atoms with Gasteiger partial charge < -0.3 is 5.73 Å². The van der Waals surface area contributed by atoms with E-state index in [-0.39, 0.29) is 11.1 Å². The molecule has 0 saturated heterocycles. The number of pyridine rings is 1. The molecule has 0 radical (unpaired) electrons. The molecule has 2 N–H and O–H groups in total. The Morgan fingerprint density at radius 1 is 1.47 bits per heavy atom. The van der Waals surface area contributed by atoms with E-state index in [1.165, 1.54) is 6.07 Å². The summed E-state index contributed by atoms with van der Waals surface area (Å²) >= 11 is 0. The Hall–Kier alpha value is -0.940. The van der Waals surface area contributed by atoms with Crippen LogP contribution in [0.1, 0.15) is 31.5 Å². The number of nitrogens with zero attached hydrogens (tertiary/aromatic N) is 1. The molecule has 1 aromatic rings. The molecule has 0 amide bonds. The highest BCUT2D eigenvalue weighted by atomic mass is 32.2. The highest BCUT2D eigenvalue weighted by Gasteiger charge is 2.12. The third-order valence-corrected chi connectivity index (χ3v) is 3.09. The Labute approximate surface area is 90.4 Å². The third-order valence-electron chi connectivity index (χ3n) is 2.10. The minimum absolute atomic E-state index is 0.0894. The Bertz CT molecular complexity index is 429. The number of sulfone groups is 1. The van der Waals surface area contributed by atoms with Gasteiger partial charge in [-0.15, -0.1) is 0 Å². The Balaban J connectivity index is 3.03. The zero-order valence-electron chi connectivity index (χ0n) is 8.97. The maximum absolute atomic E-state index is 11.3. The summed E-state index contributed by atoms with van der Waals surface area (Å²) in [4.78, 5) is 4.05. The van der Waals surface area contributed by atoms with Gasteiger partial charge in [0.2, 0.25) is 0 Å². The van der Waals surface area contributed by atoms with Crippen LogP contribution in [0, 0.1) is 0 Å². The van der Waals surface area contributed by atoms with Gasteiger partial charge in [0.25, 0.3) is 0 Å². The zero-order chi connectivity index (χ0) is 11.5. The van der Waals surface area contributed by atoms with Gasteiger partial charge in [-0.25, -0.2) is 13.4 Å². The van der Waals surface area contributed by atoms with Gasteiger partial charge in [0, 0.05) is 12.3 Å². The highest BCUT2D eigenvalue weighted by molar-refractivity contribution is 7.90. The summed E-state index contributed by atoms with van der Waals surface area (Å²) < 4.78 is 22.5. The van der Waals surface area contributed by atoms with Crippen molar-refractivity contribution >= 4 is 9.84 Å². The van der Waals surface area contributed by atoms with Crippen molar-refractivity contribution in [2.75, 3.05) is 6.26 Å². The molecule has 0 aliphatic heterocycles. The summed E-state index contributed by atoms with van der Waals surface area (Å²) in [7, 11) is -3.24. The molecule has 1 heterocycles. The molecular weight excluding hydrogens is 212 g/mol. The van der Waals surface area contributed by atoms with Crippen molar-refractivity contribution < 1.29 is 8.42 Å². The smallest absolute Gasteiger partial charge is 0.192 e. The normalized spacial score (nSPS) is 13.8. The van der Waals surface area contributed by atoms with E-state index in [2.05, 4.69) is 4.98 Å². The van der Waals surface area contributed by atoms with E-state index in [4.69, 9.17) is 5.73 Å². The minimum atomic E-state index is -3.24. The van der Waals surface area contributed by atoms with Crippen LogP contribution in [0.5, 0.6) is 0 Å². The van der Waals surface area contributed by atoms with Crippen molar-refractivity contribution in [1.29, 1.82) is 0 Å². The van der Waals surface area contributed by atoms with Crippen LogP contribution < -0.4 is 5.73 Å². The van der Waals surface area contributed by atoms with Gasteiger partial charge in [-0.1, -0.05) is 19.4 Å². The molecule has 0 fully saturated rings. The molecule has 1 rings (SSSR count). The number of hydrogen-bond donors (Lipinski definition) is 1. The van der Waals surface area contributed by atoms with E-state index in [9.17, 15) is 8.42 Å². The molecule has 4 nitrogen and oxygen atoms in total. The van der Waals surface area contributed by atoms with Crippen molar-refractivity contribution in [1.82, 2.24) is 4.98 Å². The van der Waals surface area contributed by atoms with Gasteiger partial charge in [-0.3, -0.25) is 0 Å². The first-order chi connectivity index (χ1) is 6.95. The van der Waals surface area contributed by atoms with Crippen LogP contribution in [0.25, 0.3) is 0 Å². The molecule has 0 saturated carbocycles. The monoisotopic (exact) mass is 228 g/mol. The number of rotatable bonds is 4. The second-order valence-electron chi connectivity index (χ2n) is 3.57. The molecule has 0 unspecified atom stereocenters. The Kier molecular flexibility index (Phi) is 3.82. The summed E-state index contributed by atoms with van der Waals surface area (Å²) in [6.45, 7) is 2.03. The first-order valence-corrected chi connectivity index (χ1v) is 6.77. The molecule has 0 aromatic carbocycles. The first kappa shape index (κ1) is 12.1. The van der Waals surface area contributed by atoms with E-state index >= 15 is 0 Å². The Morgan fingerprint density at radius 2 is 2.13 bits per heavy atom. The molecule has 5 heteroatoms. The van der Waals surface area contributed by atoms with Crippen molar-refractivity contribution in [2.24, 2.45) is 5.73 Å². The number of nitrogens with two attached hydrogens (primary N) is 1. The maximum Gasteiger partial charge on any atom is 0.192 e. The van der Waals surface area contributed by atoms with Crippen molar-refractivity contribution in [3.8, 4) is 0 Å². The van der Waals surface area contributed by atoms with E-state index in [1.807, 2.05) is 6.92 Å². The maximum atomic E-state index is 11.3. The molecule has 0 bridgehead atoms. The number of aromatic nitrogens is 1. The fourth-order valence-corrected chi connectivity index (χ4v) is 1.90. The molecule has 84 valence electrons. The average Bonchev–Trinajstić information content (AvgIpc) is 2.17. The molecule has 0 spiro atoms. The summed E-state index contributed by atoms with van der Waals surface area (Å²) in [5.74, 6) is 0. The van der Waals surface area contributed by atoms with Crippen molar-refractivity contribution in [3.05, 3.63) is 23.9 Å². The molecular formula is C10H16N2O2S. The van der Waals surface area contributed by atoms with Crippen LogP contribution in [0.2, 0.25) is 0 Å². The van der Waals surface area contributed by atoms with Crippen LogP contribution in [0.3, 0.4) is 0 Å². The lowest BCUT2D eigenvalue weighted by atomic mass is 10.1. The summed E-state index contributed by atoms with van der Waals surface area (Å²) in [6.07, 6.45) is 2.90. The van der Waals surface area contributed by atoms with Gasteiger partial charge in [0.1, 0.15) is 0 Å². The van der Waals surface area contributed by atoms with Gasteiger partial charge in [0.05, 0.1) is 5.69 Å². The topological polar surface area (TPSA) is 73.1 Å². The standard InChI is InChI=1S/C10H16N2O2S/c1-3-5-8(11)9-6-4-7-10(12-9)15(2,13)14/h4,6-8H,3,5,11H2,1-2H3/t8-/m0/s1. The lowest BCUT2D eigenvalue weighted by Gasteiger charge is -2.10. The number of hydrogen-bond acceptors (Lipinski definition) is 4. The van der Waals surface area contributed by atoms with Crippen LogP contribution in [0.15, 0.2) is 23.2 Å². The molecule has 0 aliphatic rings. The fourth-order valence-electron chi connectivity index (χ4n) is 1.30. The van der Waals surface area contributed by atoms with E-state index < -0.39 is 9.84 Å². The lowest BCUT2D eigenvalue weighted by Crippen LogP contribution is -2.13. The molecule has 15 heavy (non-hydrogen) atoms. The molecule has 0 aliphatic carbocycles. The van der Waals surface area contributed by atoms with E-state index in [0.29, 0.717) is 5.69 Å². The Morgan fingerprint density at radius 3 is 2.67 bits per heavy atom. The van der Waals surface area contributed by atoms with Crippen LogP contribution in [-0.2, 0) is 9.84 Å². The van der Waals surface area contributed by atoms with Crippen LogP contribution in [0.4, 0.5) is 0 Å². The second-order valence-corrected chi connectivity index (χ2v) is 5.53. The lowest BCUT2D eigenvalue weighted by molar-refractivity contribution is 0.590. The van der Waals surface area contributed by atoms with Gasteiger partial charge in [-0.05, 0) is 18.6 Å². The predicted octanol–water partition coefficient (Wildman–Crippen LogP) is 1.29. The zero-order valence-corrected chi connectivity index (χ0v) is 9.79. The van der Waals surface area contributed by atoms with Gasteiger partial charge in [0.15, 0.2) is 14.9 Å². The fraction of sp³-hybridized carbons (Fsp3) is 0.500. The summed E-state index contributed by atoms with van der Waals surface area (Å²) in [5, 5.41) is 0.0894. The summed E-state index contributed by atoms with van der Waals surface area (Å²) in [5.41, 5.74) is 6.50. The van der Waals surface area contributed by atoms with Gasteiger partial charge >= 0.3 is 0 Å². The first-order valence-electron chi connectivity index (χ1n) is 4.87. The van der Waals surface area contributed by atoms with E-state index in [0.717, 1.165) is 19.1 Å². The highest BCUT2D eigenvalue weighted by Crippen LogP contribution is 2.15. The van der Waals surface area contributed by atoms with E-state index in [1.54, 1.807) is 12.1 Å². The second kappa shape index (κ2) is 4.72. The molecule has 1 atom stereocenters. The van der Waals surface area contributed by atoms with Crippen LogP contribution >= 0.6 is 0 Å². The third kappa shape index (κ3) is 3.28. The summed E-state index contributed by atoms with van der Waals surface area (Å²) in [6, 6.07) is 4.73.